The van der Waals surface area contributed by atoms with E-state index in [1.54, 1.807) is 0 Å². The smallest absolute Gasteiger partial charge is 0.292 e. The first kappa shape index (κ1) is 16.3. The molecule has 0 aliphatic carbocycles. The van der Waals surface area contributed by atoms with Gasteiger partial charge in [0, 0.05) is 12.1 Å². The van der Waals surface area contributed by atoms with Crippen molar-refractivity contribution >= 4 is 17.3 Å². The molecule has 0 unspecified atom stereocenters. The van der Waals surface area contributed by atoms with Gasteiger partial charge in [-0.05, 0) is 25.1 Å². The third-order valence-corrected chi connectivity index (χ3v) is 2.93. The molecule has 2 rings (SSSR count). The van der Waals surface area contributed by atoms with Crippen molar-refractivity contribution in [2.45, 2.75) is 13.0 Å². The number of nitro benzene ring substituents is 1. The summed E-state index contributed by atoms with van der Waals surface area (Å²) >= 11 is 0. The Bertz CT molecular complexity index is 752. The van der Waals surface area contributed by atoms with Gasteiger partial charge >= 0.3 is 0 Å². The van der Waals surface area contributed by atoms with Crippen molar-refractivity contribution < 1.29 is 23.2 Å². The van der Waals surface area contributed by atoms with E-state index in [0.717, 1.165) is 12.1 Å². The number of carbonyl (C=O) groups is 1. The van der Waals surface area contributed by atoms with Crippen LogP contribution in [0.4, 0.5) is 20.2 Å². The zero-order valence-electron chi connectivity index (χ0n) is 12.0. The maximum absolute atomic E-state index is 13.1. The van der Waals surface area contributed by atoms with E-state index in [0.29, 0.717) is 0 Å². The molecule has 1 amide bonds. The van der Waals surface area contributed by atoms with Crippen LogP contribution in [0.1, 0.15) is 6.92 Å². The summed E-state index contributed by atoms with van der Waals surface area (Å²) in [5, 5.41) is 13.2. The van der Waals surface area contributed by atoms with Crippen molar-refractivity contribution in [2.24, 2.45) is 0 Å². The molecule has 0 bridgehead atoms. The number of amides is 1. The number of carbonyl (C=O) groups excluding carboxylic acids is 1. The van der Waals surface area contributed by atoms with E-state index in [2.05, 4.69) is 5.32 Å². The zero-order chi connectivity index (χ0) is 17.0. The summed E-state index contributed by atoms with van der Waals surface area (Å²) in [6, 6.07) is 8.48. The highest BCUT2D eigenvalue weighted by atomic mass is 19.2. The fourth-order valence-electron chi connectivity index (χ4n) is 1.78. The number of hydrogen-bond donors (Lipinski definition) is 1. The largest absolute Gasteiger partial charge is 0.481 e. The highest BCUT2D eigenvalue weighted by molar-refractivity contribution is 5.96. The lowest BCUT2D eigenvalue weighted by molar-refractivity contribution is -0.383. The van der Waals surface area contributed by atoms with Crippen LogP contribution in [-0.4, -0.2) is 16.9 Å². The van der Waals surface area contributed by atoms with E-state index in [-0.39, 0.29) is 17.1 Å². The van der Waals surface area contributed by atoms with E-state index in [4.69, 9.17) is 4.74 Å². The molecule has 0 radical (unpaired) electrons. The van der Waals surface area contributed by atoms with Crippen LogP contribution in [0.3, 0.4) is 0 Å². The van der Waals surface area contributed by atoms with Crippen LogP contribution in [-0.2, 0) is 4.79 Å². The number of rotatable bonds is 5. The Labute approximate surface area is 129 Å². The molecule has 1 atom stereocenters. The molecule has 0 saturated carbocycles. The number of hydrogen-bond acceptors (Lipinski definition) is 4. The normalized spacial score (nSPS) is 11.6. The molecule has 120 valence electrons. The van der Waals surface area contributed by atoms with Gasteiger partial charge in [0.2, 0.25) is 0 Å². The lowest BCUT2D eigenvalue weighted by Gasteiger charge is -2.14. The number of nitro groups is 1. The van der Waals surface area contributed by atoms with Crippen molar-refractivity contribution in [2.75, 3.05) is 5.32 Å². The number of ether oxygens (including phenoxy) is 1. The predicted molar refractivity (Wildman–Crippen MR) is 78.2 cm³/mol. The molecule has 2 aromatic carbocycles. The Balaban J connectivity index is 2.08. The first-order valence-corrected chi connectivity index (χ1v) is 6.54. The van der Waals surface area contributed by atoms with Crippen LogP contribution >= 0.6 is 0 Å². The molecule has 6 nitrogen and oxygen atoms in total. The van der Waals surface area contributed by atoms with E-state index >= 15 is 0 Å². The Morgan fingerprint density at radius 3 is 2.57 bits per heavy atom. The zero-order valence-corrected chi connectivity index (χ0v) is 12.0. The number of anilines is 1. The van der Waals surface area contributed by atoms with Crippen molar-refractivity contribution in [1.29, 1.82) is 0 Å². The number of nitrogens with zero attached hydrogens (tertiary/aromatic N) is 1. The van der Waals surface area contributed by atoms with E-state index in [1.165, 1.54) is 37.3 Å². The molecule has 1 N–H and O–H groups in total. The van der Waals surface area contributed by atoms with Gasteiger partial charge in [-0.3, -0.25) is 14.9 Å². The third-order valence-electron chi connectivity index (χ3n) is 2.93. The summed E-state index contributed by atoms with van der Waals surface area (Å²) in [5.74, 6) is -2.83. The van der Waals surface area contributed by atoms with E-state index < -0.39 is 28.6 Å². The summed E-state index contributed by atoms with van der Waals surface area (Å²) in [6.07, 6.45) is -1.07. The molecule has 0 fully saturated rings. The number of para-hydroxylation sites is 2. The minimum atomic E-state index is -1.10. The third kappa shape index (κ3) is 4.00. The summed E-state index contributed by atoms with van der Waals surface area (Å²) in [7, 11) is 0. The van der Waals surface area contributed by atoms with Gasteiger partial charge in [0.1, 0.15) is 11.4 Å². The second-order valence-electron chi connectivity index (χ2n) is 4.60. The van der Waals surface area contributed by atoms with Crippen LogP contribution in [0.15, 0.2) is 42.5 Å². The highest BCUT2D eigenvalue weighted by Gasteiger charge is 2.20. The van der Waals surface area contributed by atoms with Crippen LogP contribution in [0.2, 0.25) is 0 Å². The maximum atomic E-state index is 13.1. The Morgan fingerprint density at radius 2 is 1.91 bits per heavy atom. The molecule has 0 aromatic heterocycles. The molecular weight excluding hydrogens is 310 g/mol. The SMILES string of the molecule is C[C@@H](Oc1ccc(F)c(F)c1)C(=O)Nc1ccccc1[N+](=O)[O-]. The van der Waals surface area contributed by atoms with E-state index in [9.17, 15) is 23.7 Å². The van der Waals surface area contributed by atoms with Crippen molar-refractivity contribution in [3.8, 4) is 5.75 Å². The molecule has 0 saturated heterocycles. The number of benzene rings is 2. The maximum Gasteiger partial charge on any atom is 0.292 e. The standard InChI is InChI=1S/C15H12F2N2O4/c1-9(23-10-6-7-11(16)12(17)8-10)15(20)18-13-4-2-3-5-14(13)19(21)22/h2-9H,1H3,(H,18,20)/t9-/m1/s1. The van der Waals surface area contributed by atoms with Gasteiger partial charge in [0.05, 0.1) is 4.92 Å². The summed E-state index contributed by atoms with van der Waals surface area (Å²) in [6.45, 7) is 1.38. The lowest BCUT2D eigenvalue weighted by atomic mass is 10.2. The number of nitrogens with one attached hydrogen (secondary N) is 1. The number of halogens is 2. The highest BCUT2D eigenvalue weighted by Crippen LogP contribution is 2.24. The van der Waals surface area contributed by atoms with Crippen molar-refractivity contribution in [3.05, 3.63) is 64.2 Å². The monoisotopic (exact) mass is 322 g/mol. The minimum Gasteiger partial charge on any atom is -0.481 e. The van der Waals surface area contributed by atoms with Gasteiger partial charge in [-0.2, -0.15) is 0 Å². The van der Waals surface area contributed by atoms with Crippen LogP contribution in [0.25, 0.3) is 0 Å². The molecule has 2 aromatic rings. The molecule has 0 aliphatic heterocycles. The average molecular weight is 322 g/mol. The Kier molecular flexibility index (Phi) is 4.85. The summed E-state index contributed by atoms with van der Waals surface area (Å²) in [4.78, 5) is 22.3. The molecule has 23 heavy (non-hydrogen) atoms. The van der Waals surface area contributed by atoms with Gasteiger partial charge < -0.3 is 10.1 Å². The Hall–Kier alpha value is -3.03. The quantitative estimate of drug-likeness (QED) is 0.676. The van der Waals surface area contributed by atoms with Crippen molar-refractivity contribution in [1.82, 2.24) is 0 Å². The van der Waals surface area contributed by atoms with Crippen molar-refractivity contribution in [3.63, 3.8) is 0 Å². The fraction of sp³-hybridized carbons (Fsp3) is 0.133. The molecule has 0 aliphatic rings. The van der Waals surface area contributed by atoms with Gasteiger partial charge in [0.15, 0.2) is 17.7 Å². The molecule has 0 spiro atoms. The van der Waals surface area contributed by atoms with Gasteiger partial charge in [0.25, 0.3) is 11.6 Å². The summed E-state index contributed by atoms with van der Waals surface area (Å²) < 4.78 is 31.1. The lowest BCUT2D eigenvalue weighted by Crippen LogP contribution is -2.30. The van der Waals surface area contributed by atoms with Crippen LogP contribution < -0.4 is 10.1 Å². The van der Waals surface area contributed by atoms with E-state index in [1.807, 2.05) is 0 Å². The topological polar surface area (TPSA) is 81.5 Å². The second kappa shape index (κ2) is 6.82. The predicted octanol–water partition coefficient (Wildman–Crippen LogP) is 3.28. The first-order valence-electron chi connectivity index (χ1n) is 6.54. The van der Waals surface area contributed by atoms with Crippen LogP contribution in [0, 0.1) is 21.7 Å². The van der Waals surface area contributed by atoms with Gasteiger partial charge in [-0.1, -0.05) is 12.1 Å². The van der Waals surface area contributed by atoms with Gasteiger partial charge in [-0.15, -0.1) is 0 Å². The first-order chi connectivity index (χ1) is 10.9. The Morgan fingerprint density at radius 1 is 1.22 bits per heavy atom. The fourth-order valence-corrected chi connectivity index (χ4v) is 1.78. The second-order valence-corrected chi connectivity index (χ2v) is 4.60. The van der Waals surface area contributed by atoms with Crippen LogP contribution in [0.5, 0.6) is 5.75 Å². The molecular formula is C15H12F2N2O4. The molecule has 0 heterocycles. The summed E-state index contributed by atoms with van der Waals surface area (Å²) in [5.41, 5.74) is -0.246. The molecule has 8 heteroatoms. The van der Waals surface area contributed by atoms with Gasteiger partial charge in [-0.25, -0.2) is 8.78 Å². The average Bonchev–Trinajstić information content (AvgIpc) is 2.51. The minimum absolute atomic E-state index is 0.0169.